The summed E-state index contributed by atoms with van der Waals surface area (Å²) in [6, 6.07) is 18.1. The Morgan fingerprint density at radius 2 is 1.71 bits per heavy atom. The van der Waals surface area contributed by atoms with Crippen molar-refractivity contribution in [2.75, 3.05) is 10.6 Å². The molecule has 0 spiro atoms. The van der Waals surface area contributed by atoms with E-state index in [-0.39, 0.29) is 5.91 Å². The third kappa shape index (κ3) is 5.29. The van der Waals surface area contributed by atoms with Gasteiger partial charge in [-0.25, -0.2) is 4.68 Å². The molecule has 38 heavy (non-hydrogen) atoms. The fourth-order valence-electron chi connectivity index (χ4n) is 4.43. The van der Waals surface area contributed by atoms with E-state index in [4.69, 9.17) is 44.9 Å². The van der Waals surface area contributed by atoms with Gasteiger partial charge in [0, 0.05) is 37.8 Å². The summed E-state index contributed by atoms with van der Waals surface area (Å²) in [4.78, 5) is 18.5. The Morgan fingerprint density at radius 3 is 2.42 bits per heavy atom. The number of aryl methyl sites for hydroxylation is 2. The van der Waals surface area contributed by atoms with Crippen LogP contribution in [0.2, 0.25) is 15.1 Å². The van der Waals surface area contributed by atoms with Crippen molar-refractivity contribution < 1.29 is 4.79 Å². The topological polar surface area (TPSA) is 71.8 Å². The number of anilines is 2. The van der Waals surface area contributed by atoms with Gasteiger partial charge in [0.05, 0.1) is 5.57 Å². The van der Waals surface area contributed by atoms with Crippen LogP contribution in [0.25, 0.3) is 0 Å². The summed E-state index contributed by atoms with van der Waals surface area (Å²) in [7, 11) is 0. The van der Waals surface area contributed by atoms with Gasteiger partial charge in [-0.3, -0.25) is 4.79 Å². The van der Waals surface area contributed by atoms with Crippen molar-refractivity contribution in [1.82, 2.24) is 14.8 Å². The normalized spacial score (nSPS) is 14.7. The number of hydrogen-bond acceptors (Lipinski definition) is 5. The van der Waals surface area contributed by atoms with E-state index in [1.54, 1.807) is 22.9 Å². The molecule has 0 fully saturated rings. The van der Waals surface area contributed by atoms with Gasteiger partial charge in [0.15, 0.2) is 0 Å². The molecule has 1 amide bonds. The van der Waals surface area contributed by atoms with E-state index in [9.17, 15) is 4.79 Å². The van der Waals surface area contributed by atoms with Crippen LogP contribution in [0.3, 0.4) is 0 Å². The first-order chi connectivity index (χ1) is 18.2. The fourth-order valence-corrected chi connectivity index (χ4v) is 6.15. The summed E-state index contributed by atoms with van der Waals surface area (Å²) in [6.07, 6.45) is 0. The van der Waals surface area contributed by atoms with Crippen molar-refractivity contribution in [1.29, 1.82) is 0 Å². The summed E-state index contributed by atoms with van der Waals surface area (Å²) < 4.78 is 1.67. The number of nitrogens with one attached hydrogen (secondary N) is 2. The second-order valence-electron chi connectivity index (χ2n) is 9.02. The third-order valence-corrected chi connectivity index (χ3v) is 8.21. The number of amides is 1. The van der Waals surface area contributed by atoms with Crippen molar-refractivity contribution in [3.63, 3.8) is 0 Å². The molecule has 0 radical (unpaired) electrons. The maximum atomic E-state index is 13.8. The predicted molar refractivity (Wildman–Crippen MR) is 157 cm³/mol. The number of carbonyl (C=O) groups excluding carboxylic acids is 1. The lowest BCUT2D eigenvalue weighted by molar-refractivity contribution is -0.113. The molecule has 0 saturated carbocycles. The van der Waals surface area contributed by atoms with Gasteiger partial charge >= 0.3 is 0 Å². The molecule has 194 valence electrons. The van der Waals surface area contributed by atoms with E-state index in [0.717, 1.165) is 22.4 Å². The molecular formula is C28H24Cl3N5OS. The highest BCUT2D eigenvalue weighted by Crippen LogP contribution is 2.42. The number of hydrogen-bond donors (Lipinski definition) is 2. The predicted octanol–water partition coefficient (Wildman–Crippen LogP) is 8.08. The van der Waals surface area contributed by atoms with E-state index in [1.807, 2.05) is 63.2 Å². The fraction of sp³-hybridized carbons (Fsp3) is 0.179. The number of nitrogens with zero attached hydrogens (tertiary/aromatic N) is 3. The molecule has 2 heterocycles. The van der Waals surface area contributed by atoms with E-state index in [2.05, 4.69) is 10.6 Å². The molecule has 2 N–H and O–H groups in total. The van der Waals surface area contributed by atoms with Crippen LogP contribution in [-0.2, 0) is 10.5 Å². The Kier molecular flexibility index (Phi) is 7.73. The average Bonchev–Trinajstić information content (AvgIpc) is 3.27. The third-order valence-electron chi connectivity index (χ3n) is 6.30. The minimum absolute atomic E-state index is 0.283. The van der Waals surface area contributed by atoms with Crippen LogP contribution in [0.4, 0.5) is 11.6 Å². The van der Waals surface area contributed by atoms with Gasteiger partial charge < -0.3 is 10.6 Å². The van der Waals surface area contributed by atoms with Gasteiger partial charge in [-0.15, -0.1) is 5.10 Å². The van der Waals surface area contributed by atoms with E-state index in [0.29, 0.717) is 48.8 Å². The van der Waals surface area contributed by atoms with Crippen LogP contribution in [0.1, 0.15) is 35.2 Å². The molecule has 1 aliphatic rings. The first-order valence-electron chi connectivity index (χ1n) is 11.9. The molecule has 0 saturated heterocycles. The van der Waals surface area contributed by atoms with Crippen LogP contribution >= 0.6 is 46.6 Å². The van der Waals surface area contributed by atoms with Gasteiger partial charge in [0.25, 0.3) is 5.91 Å². The zero-order valence-electron chi connectivity index (χ0n) is 20.8. The minimum atomic E-state index is -0.694. The molecule has 6 nitrogen and oxygen atoms in total. The molecule has 1 aromatic heterocycles. The van der Waals surface area contributed by atoms with Crippen molar-refractivity contribution in [2.24, 2.45) is 0 Å². The summed E-state index contributed by atoms with van der Waals surface area (Å²) in [5.41, 5.74) is 5.45. The first-order valence-corrected chi connectivity index (χ1v) is 14.0. The number of fused-ring (bicyclic) bond motifs is 1. The van der Waals surface area contributed by atoms with Crippen LogP contribution in [-0.4, -0.2) is 20.7 Å². The Morgan fingerprint density at radius 1 is 1.00 bits per heavy atom. The van der Waals surface area contributed by atoms with Crippen LogP contribution in [0.15, 0.2) is 77.1 Å². The molecule has 0 bridgehead atoms. The van der Waals surface area contributed by atoms with Gasteiger partial charge in [-0.2, -0.15) is 4.98 Å². The maximum Gasteiger partial charge on any atom is 0.255 e. The lowest BCUT2D eigenvalue weighted by Gasteiger charge is -2.29. The van der Waals surface area contributed by atoms with Crippen molar-refractivity contribution in [3.05, 3.63) is 109 Å². The number of aromatic nitrogens is 3. The second-order valence-corrected chi connectivity index (χ2v) is 11.2. The van der Waals surface area contributed by atoms with E-state index in [1.165, 1.54) is 11.8 Å². The lowest BCUT2D eigenvalue weighted by Crippen LogP contribution is -2.32. The summed E-state index contributed by atoms with van der Waals surface area (Å²) in [5, 5.41) is 13.2. The SMILES string of the molecule is CC1=C(C(=O)Nc2ccc(C)cc2C)C(c2c(Cl)cccc2Cl)n2nc(SCc3ccccc3Cl)nc2N1. The number of thioether (sulfide) groups is 1. The van der Waals surface area contributed by atoms with Gasteiger partial charge in [0.2, 0.25) is 11.1 Å². The van der Waals surface area contributed by atoms with Gasteiger partial charge in [-0.05, 0) is 56.2 Å². The number of allylic oxidation sites excluding steroid dienone is 1. The molecule has 10 heteroatoms. The number of carbonyl (C=O) groups is 1. The van der Waals surface area contributed by atoms with Crippen LogP contribution in [0, 0.1) is 13.8 Å². The quantitative estimate of drug-likeness (QED) is 0.224. The number of rotatable bonds is 6. The standard InChI is InChI=1S/C28H24Cl3N5OS/c1-15-11-12-22(16(2)13-15)33-26(37)23-17(3)32-27-34-28(38-14-18-7-4-5-8-19(18)29)35-36(27)25(23)24-20(30)9-6-10-21(24)31/h4-13,25H,14H2,1-3H3,(H,33,37)(H,32,34,35). The highest BCUT2D eigenvalue weighted by Gasteiger charge is 2.37. The van der Waals surface area contributed by atoms with Crippen LogP contribution < -0.4 is 10.6 Å². The summed E-state index contributed by atoms with van der Waals surface area (Å²) >= 11 is 21.1. The molecule has 3 aromatic carbocycles. The highest BCUT2D eigenvalue weighted by molar-refractivity contribution is 7.98. The minimum Gasteiger partial charge on any atom is -0.328 e. The Bertz CT molecular complexity index is 1560. The molecular weight excluding hydrogens is 561 g/mol. The van der Waals surface area contributed by atoms with E-state index < -0.39 is 6.04 Å². The maximum absolute atomic E-state index is 13.8. The molecule has 0 aliphatic carbocycles. The van der Waals surface area contributed by atoms with Crippen molar-refractivity contribution >= 4 is 64.1 Å². The van der Waals surface area contributed by atoms with Gasteiger partial charge in [0.1, 0.15) is 6.04 Å². The Hall–Kier alpha value is -2.97. The van der Waals surface area contributed by atoms with Crippen molar-refractivity contribution in [3.8, 4) is 0 Å². The van der Waals surface area contributed by atoms with E-state index >= 15 is 0 Å². The summed E-state index contributed by atoms with van der Waals surface area (Å²) in [6.45, 7) is 5.81. The molecule has 5 rings (SSSR count). The first kappa shape index (κ1) is 26.6. The van der Waals surface area contributed by atoms with Gasteiger partial charge in [-0.1, -0.05) is 88.5 Å². The number of benzene rings is 3. The zero-order chi connectivity index (χ0) is 27.0. The monoisotopic (exact) mass is 583 g/mol. The smallest absolute Gasteiger partial charge is 0.255 e. The number of halogens is 3. The summed E-state index contributed by atoms with van der Waals surface area (Å²) in [5.74, 6) is 0.801. The highest BCUT2D eigenvalue weighted by atomic mass is 35.5. The molecule has 1 atom stereocenters. The largest absolute Gasteiger partial charge is 0.328 e. The van der Waals surface area contributed by atoms with Crippen LogP contribution in [0.5, 0.6) is 0 Å². The average molecular weight is 585 g/mol. The second kappa shape index (κ2) is 11.0. The molecule has 1 unspecified atom stereocenters. The molecule has 1 aliphatic heterocycles. The lowest BCUT2D eigenvalue weighted by atomic mass is 9.94. The zero-order valence-corrected chi connectivity index (χ0v) is 23.9. The van der Waals surface area contributed by atoms with Crippen molar-refractivity contribution in [2.45, 2.75) is 37.7 Å². The Labute approximate surface area is 240 Å². The molecule has 4 aromatic rings. The Balaban J connectivity index is 1.54.